The lowest BCUT2D eigenvalue weighted by molar-refractivity contribution is 0.00688. The Balaban J connectivity index is 1.59. The summed E-state index contributed by atoms with van der Waals surface area (Å²) in [6, 6.07) is 8.76. The molecule has 1 aromatic carbocycles. The van der Waals surface area contributed by atoms with Crippen molar-refractivity contribution < 1.29 is 19.1 Å². The minimum Gasteiger partial charge on any atom is -0.488 e. The minimum atomic E-state index is -0.394. The van der Waals surface area contributed by atoms with Gasteiger partial charge in [0.1, 0.15) is 18.1 Å². The first-order valence-corrected chi connectivity index (χ1v) is 7.51. The monoisotopic (exact) mass is 301 g/mol. The fraction of sp³-hybridized carbons (Fsp3) is 0.353. The number of amides is 1. The summed E-state index contributed by atoms with van der Waals surface area (Å²) in [7, 11) is 0. The molecule has 0 radical (unpaired) electrons. The first kappa shape index (κ1) is 14.7. The molecule has 5 nitrogen and oxygen atoms in total. The number of anilines is 1. The standard InChI is InChI=1S/C17H19NO4/c19-15-3-1-2-4-16(15)22-14-7-5-13(6-8-14)18-17(20)12-9-10-21-11-12/h5-11,15-16,19H,1-4H2,(H,18,20). The number of carbonyl (C=O) groups is 1. The number of hydrogen-bond donors (Lipinski definition) is 2. The molecule has 3 rings (SSSR count). The molecule has 116 valence electrons. The molecule has 1 saturated carbocycles. The molecule has 2 N–H and O–H groups in total. The Labute approximate surface area is 128 Å². The molecule has 1 fully saturated rings. The highest BCUT2D eigenvalue weighted by Gasteiger charge is 2.24. The van der Waals surface area contributed by atoms with Gasteiger partial charge in [-0.25, -0.2) is 0 Å². The van der Waals surface area contributed by atoms with Gasteiger partial charge in [0.15, 0.2) is 0 Å². The van der Waals surface area contributed by atoms with E-state index in [1.165, 1.54) is 12.5 Å². The number of ether oxygens (including phenoxy) is 1. The highest BCUT2D eigenvalue weighted by Crippen LogP contribution is 2.25. The van der Waals surface area contributed by atoms with Crippen LogP contribution in [0.1, 0.15) is 36.0 Å². The molecule has 1 heterocycles. The predicted molar refractivity (Wildman–Crippen MR) is 82.0 cm³/mol. The maximum Gasteiger partial charge on any atom is 0.258 e. The highest BCUT2D eigenvalue weighted by atomic mass is 16.5. The van der Waals surface area contributed by atoms with Gasteiger partial charge in [-0.2, -0.15) is 0 Å². The zero-order valence-corrected chi connectivity index (χ0v) is 12.2. The van der Waals surface area contributed by atoms with Gasteiger partial charge in [0, 0.05) is 5.69 Å². The van der Waals surface area contributed by atoms with E-state index in [4.69, 9.17) is 9.15 Å². The Morgan fingerprint density at radius 3 is 2.64 bits per heavy atom. The molecule has 0 aliphatic heterocycles. The Morgan fingerprint density at radius 2 is 1.95 bits per heavy atom. The SMILES string of the molecule is O=C(Nc1ccc(OC2CCCCC2O)cc1)c1ccoc1. The second-order valence-corrected chi connectivity index (χ2v) is 5.50. The van der Waals surface area contributed by atoms with E-state index in [1.807, 2.05) is 0 Å². The maximum atomic E-state index is 11.9. The summed E-state index contributed by atoms with van der Waals surface area (Å²) in [6.07, 6.45) is 6.14. The molecule has 5 heteroatoms. The van der Waals surface area contributed by atoms with E-state index in [1.54, 1.807) is 30.3 Å². The van der Waals surface area contributed by atoms with E-state index in [0.29, 0.717) is 17.0 Å². The minimum absolute atomic E-state index is 0.139. The highest BCUT2D eigenvalue weighted by molar-refractivity contribution is 6.03. The fourth-order valence-electron chi connectivity index (χ4n) is 2.60. The first-order valence-electron chi connectivity index (χ1n) is 7.51. The topological polar surface area (TPSA) is 71.7 Å². The van der Waals surface area contributed by atoms with Crippen molar-refractivity contribution >= 4 is 11.6 Å². The molecule has 2 aromatic rings. The van der Waals surface area contributed by atoms with E-state index in [-0.39, 0.29) is 12.0 Å². The van der Waals surface area contributed by atoms with Gasteiger partial charge in [-0.15, -0.1) is 0 Å². The largest absolute Gasteiger partial charge is 0.488 e. The van der Waals surface area contributed by atoms with Crippen molar-refractivity contribution in [3.8, 4) is 5.75 Å². The lowest BCUT2D eigenvalue weighted by Crippen LogP contribution is -2.34. The lowest BCUT2D eigenvalue weighted by Gasteiger charge is -2.28. The van der Waals surface area contributed by atoms with Crippen molar-refractivity contribution in [2.45, 2.75) is 37.9 Å². The molecule has 22 heavy (non-hydrogen) atoms. The van der Waals surface area contributed by atoms with Crippen molar-refractivity contribution in [3.05, 3.63) is 48.4 Å². The quantitative estimate of drug-likeness (QED) is 0.909. The summed E-state index contributed by atoms with van der Waals surface area (Å²) in [5, 5.41) is 12.7. The summed E-state index contributed by atoms with van der Waals surface area (Å²) in [4.78, 5) is 11.9. The zero-order chi connectivity index (χ0) is 15.4. The molecule has 1 aliphatic rings. The van der Waals surface area contributed by atoms with Crippen LogP contribution in [0.15, 0.2) is 47.3 Å². The van der Waals surface area contributed by atoms with Gasteiger partial charge in [-0.05, 0) is 49.6 Å². The van der Waals surface area contributed by atoms with Gasteiger partial charge in [0.05, 0.1) is 17.9 Å². The molecular weight excluding hydrogens is 282 g/mol. The van der Waals surface area contributed by atoms with Crippen LogP contribution < -0.4 is 10.1 Å². The van der Waals surface area contributed by atoms with Gasteiger partial charge >= 0.3 is 0 Å². The molecular formula is C17H19NO4. The fourth-order valence-corrected chi connectivity index (χ4v) is 2.60. The van der Waals surface area contributed by atoms with E-state index < -0.39 is 6.10 Å². The van der Waals surface area contributed by atoms with Gasteiger partial charge in [-0.1, -0.05) is 6.42 Å². The molecule has 2 atom stereocenters. The Hall–Kier alpha value is -2.27. The number of furan rings is 1. The lowest BCUT2D eigenvalue weighted by atomic mass is 9.95. The molecule has 1 aromatic heterocycles. The van der Waals surface area contributed by atoms with Crippen molar-refractivity contribution in [3.63, 3.8) is 0 Å². The van der Waals surface area contributed by atoms with E-state index in [0.717, 1.165) is 25.7 Å². The normalized spacial score (nSPS) is 21.3. The van der Waals surface area contributed by atoms with Gasteiger partial charge in [-0.3, -0.25) is 4.79 Å². The van der Waals surface area contributed by atoms with E-state index in [9.17, 15) is 9.90 Å². The van der Waals surface area contributed by atoms with Crippen LogP contribution in [-0.2, 0) is 0 Å². The second kappa shape index (κ2) is 6.66. The average molecular weight is 301 g/mol. The number of carbonyl (C=O) groups excluding carboxylic acids is 1. The van der Waals surface area contributed by atoms with Crippen LogP contribution in [0.4, 0.5) is 5.69 Å². The summed E-state index contributed by atoms with van der Waals surface area (Å²) < 4.78 is 10.7. The maximum absolute atomic E-state index is 11.9. The number of rotatable bonds is 4. The molecule has 0 spiro atoms. The predicted octanol–water partition coefficient (Wildman–Crippen LogP) is 3.21. The summed E-state index contributed by atoms with van der Waals surface area (Å²) in [6.45, 7) is 0. The second-order valence-electron chi connectivity index (χ2n) is 5.50. The molecule has 0 saturated heterocycles. The van der Waals surface area contributed by atoms with E-state index >= 15 is 0 Å². The summed E-state index contributed by atoms with van der Waals surface area (Å²) in [5.74, 6) is 0.484. The number of hydrogen-bond acceptors (Lipinski definition) is 4. The average Bonchev–Trinajstić information content (AvgIpc) is 3.06. The number of aliphatic hydroxyl groups is 1. The van der Waals surface area contributed by atoms with E-state index in [2.05, 4.69) is 5.32 Å². The van der Waals surface area contributed by atoms with Gasteiger partial charge in [0.25, 0.3) is 5.91 Å². The molecule has 2 unspecified atom stereocenters. The van der Waals surface area contributed by atoms with Crippen LogP contribution in [0, 0.1) is 0 Å². The summed E-state index contributed by atoms with van der Waals surface area (Å²) in [5.41, 5.74) is 1.16. The van der Waals surface area contributed by atoms with Crippen LogP contribution in [0.25, 0.3) is 0 Å². The van der Waals surface area contributed by atoms with Gasteiger partial charge in [0.2, 0.25) is 0 Å². The van der Waals surface area contributed by atoms with Gasteiger partial charge < -0.3 is 19.6 Å². The number of aliphatic hydroxyl groups excluding tert-OH is 1. The van der Waals surface area contributed by atoms with Crippen molar-refractivity contribution in [1.29, 1.82) is 0 Å². The Morgan fingerprint density at radius 1 is 1.18 bits per heavy atom. The zero-order valence-electron chi connectivity index (χ0n) is 12.2. The van der Waals surface area contributed by atoms with Crippen LogP contribution in [-0.4, -0.2) is 23.2 Å². The molecule has 0 bridgehead atoms. The molecule has 1 aliphatic carbocycles. The number of nitrogens with one attached hydrogen (secondary N) is 1. The van der Waals surface area contributed by atoms with Crippen LogP contribution in [0.2, 0.25) is 0 Å². The molecule has 1 amide bonds. The summed E-state index contributed by atoms with van der Waals surface area (Å²) >= 11 is 0. The van der Waals surface area contributed by atoms with Crippen molar-refractivity contribution in [2.24, 2.45) is 0 Å². The smallest absolute Gasteiger partial charge is 0.258 e. The third-order valence-electron chi connectivity index (χ3n) is 3.85. The van der Waals surface area contributed by atoms with Crippen molar-refractivity contribution in [2.75, 3.05) is 5.32 Å². The number of benzene rings is 1. The third-order valence-corrected chi connectivity index (χ3v) is 3.85. The van der Waals surface area contributed by atoms with Crippen LogP contribution in [0.3, 0.4) is 0 Å². The van der Waals surface area contributed by atoms with Crippen LogP contribution >= 0.6 is 0 Å². The van der Waals surface area contributed by atoms with Crippen LogP contribution in [0.5, 0.6) is 5.75 Å². The Kier molecular flexibility index (Phi) is 4.44. The first-order chi connectivity index (χ1) is 10.7. The third kappa shape index (κ3) is 3.49. The van der Waals surface area contributed by atoms with Crippen molar-refractivity contribution in [1.82, 2.24) is 0 Å². The Bertz CT molecular complexity index is 606.